The Labute approximate surface area is 129 Å². The van der Waals surface area contributed by atoms with Crippen LogP contribution in [0.2, 0.25) is 0 Å². The molecule has 2 aromatic rings. The first-order valence-electron chi connectivity index (χ1n) is 6.95. The summed E-state index contributed by atoms with van der Waals surface area (Å²) in [5.74, 6) is 0.961. The normalized spacial score (nSPS) is 12.2. The van der Waals surface area contributed by atoms with Crippen molar-refractivity contribution in [3.63, 3.8) is 0 Å². The van der Waals surface area contributed by atoms with Crippen molar-refractivity contribution in [2.24, 2.45) is 0 Å². The molecule has 2 rings (SSSR count). The Morgan fingerprint density at radius 1 is 1.27 bits per heavy atom. The van der Waals surface area contributed by atoms with Crippen LogP contribution >= 0.6 is 0 Å². The summed E-state index contributed by atoms with van der Waals surface area (Å²) in [6, 6.07) is 10.9. The lowest BCUT2D eigenvalue weighted by Gasteiger charge is -2.25. The van der Waals surface area contributed by atoms with Gasteiger partial charge in [-0.15, -0.1) is 0 Å². The molecule has 0 aliphatic heterocycles. The number of nitrogen functional groups attached to an aromatic ring is 1. The number of hydrogen-bond donors (Lipinski definition) is 2. The highest BCUT2D eigenvalue weighted by Crippen LogP contribution is 2.21. The molecule has 0 saturated heterocycles. The number of carbonyl (C=O) groups is 1. The summed E-state index contributed by atoms with van der Waals surface area (Å²) in [5, 5.41) is 2.86. The van der Waals surface area contributed by atoms with Gasteiger partial charge in [-0.25, -0.2) is 0 Å². The minimum absolute atomic E-state index is 0.0437. The van der Waals surface area contributed by atoms with Gasteiger partial charge in [-0.2, -0.15) is 0 Å². The lowest BCUT2D eigenvalue weighted by atomic mass is 10.1. The zero-order valence-corrected chi connectivity index (χ0v) is 13.0. The zero-order chi connectivity index (χ0) is 16.1. The number of furan rings is 1. The third-order valence-corrected chi connectivity index (χ3v) is 3.43. The van der Waals surface area contributed by atoms with Crippen LogP contribution in [0.3, 0.4) is 0 Å². The second kappa shape index (κ2) is 7.00. The zero-order valence-electron chi connectivity index (χ0n) is 13.0. The van der Waals surface area contributed by atoms with Gasteiger partial charge in [-0.1, -0.05) is 12.1 Å². The van der Waals surface area contributed by atoms with Gasteiger partial charge in [0.2, 0.25) is 0 Å². The standard InChI is InChI=1S/C16H21N3O3/c1-19(2)13(11-4-6-12(21-3)7-5-11)10-18-16(20)14-8-9-15(17)22-14/h4-9,13H,10,17H2,1-3H3,(H,18,20). The largest absolute Gasteiger partial charge is 0.497 e. The van der Waals surface area contributed by atoms with E-state index in [1.807, 2.05) is 43.3 Å². The number of nitrogens with two attached hydrogens (primary N) is 1. The van der Waals surface area contributed by atoms with Gasteiger partial charge in [0, 0.05) is 12.6 Å². The van der Waals surface area contributed by atoms with E-state index < -0.39 is 0 Å². The molecule has 1 aromatic heterocycles. The topological polar surface area (TPSA) is 80.7 Å². The Balaban J connectivity index is 2.03. The molecular formula is C16H21N3O3. The molecule has 1 atom stereocenters. The average molecular weight is 303 g/mol. The third-order valence-electron chi connectivity index (χ3n) is 3.43. The van der Waals surface area contributed by atoms with Crippen LogP contribution in [0.4, 0.5) is 5.88 Å². The molecule has 1 aromatic carbocycles. The SMILES string of the molecule is COc1ccc(C(CNC(=O)c2ccc(N)o2)N(C)C)cc1. The van der Waals surface area contributed by atoms with Crippen molar-refractivity contribution in [2.45, 2.75) is 6.04 Å². The van der Waals surface area contributed by atoms with E-state index in [0.29, 0.717) is 6.54 Å². The van der Waals surface area contributed by atoms with Crippen LogP contribution in [-0.4, -0.2) is 38.6 Å². The van der Waals surface area contributed by atoms with E-state index in [-0.39, 0.29) is 23.6 Å². The van der Waals surface area contributed by atoms with Crippen LogP contribution < -0.4 is 15.8 Å². The molecule has 0 aliphatic carbocycles. The Kier molecular flexibility index (Phi) is 5.06. The summed E-state index contributed by atoms with van der Waals surface area (Å²) < 4.78 is 10.3. The molecule has 0 spiro atoms. The van der Waals surface area contributed by atoms with Gasteiger partial charge < -0.3 is 25.1 Å². The predicted octanol–water partition coefficient (Wildman–Crippen LogP) is 1.90. The highest BCUT2D eigenvalue weighted by Gasteiger charge is 2.17. The summed E-state index contributed by atoms with van der Waals surface area (Å²) in [6.45, 7) is 0.457. The number of anilines is 1. The fourth-order valence-electron chi connectivity index (χ4n) is 2.18. The summed E-state index contributed by atoms with van der Waals surface area (Å²) in [6.07, 6.45) is 0. The summed E-state index contributed by atoms with van der Waals surface area (Å²) >= 11 is 0. The maximum Gasteiger partial charge on any atom is 0.287 e. The maximum atomic E-state index is 12.0. The molecule has 1 amide bonds. The molecule has 118 valence electrons. The molecule has 1 unspecified atom stereocenters. The maximum absolute atomic E-state index is 12.0. The van der Waals surface area contributed by atoms with Gasteiger partial charge in [0.15, 0.2) is 11.6 Å². The first kappa shape index (κ1) is 15.9. The predicted molar refractivity (Wildman–Crippen MR) is 84.9 cm³/mol. The number of hydrogen-bond acceptors (Lipinski definition) is 5. The minimum atomic E-state index is -0.280. The molecule has 6 heteroatoms. The Morgan fingerprint density at radius 2 is 1.95 bits per heavy atom. The Bertz CT molecular complexity index is 620. The fourth-order valence-corrected chi connectivity index (χ4v) is 2.18. The van der Waals surface area contributed by atoms with Gasteiger partial charge >= 0.3 is 0 Å². The number of benzene rings is 1. The summed E-state index contributed by atoms with van der Waals surface area (Å²) in [5.41, 5.74) is 6.56. The van der Waals surface area contributed by atoms with Crippen molar-refractivity contribution in [1.82, 2.24) is 10.2 Å². The van der Waals surface area contributed by atoms with Crippen molar-refractivity contribution >= 4 is 11.8 Å². The molecule has 1 heterocycles. The van der Waals surface area contributed by atoms with Crippen LogP contribution in [0, 0.1) is 0 Å². The van der Waals surface area contributed by atoms with Crippen molar-refractivity contribution in [1.29, 1.82) is 0 Å². The smallest absolute Gasteiger partial charge is 0.287 e. The first-order chi connectivity index (χ1) is 10.5. The average Bonchev–Trinajstić information content (AvgIpc) is 2.94. The molecule has 0 radical (unpaired) electrons. The summed E-state index contributed by atoms with van der Waals surface area (Å²) in [7, 11) is 5.56. The van der Waals surface area contributed by atoms with E-state index in [2.05, 4.69) is 5.32 Å². The molecule has 22 heavy (non-hydrogen) atoms. The lowest BCUT2D eigenvalue weighted by molar-refractivity contribution is 0.0915. The minimum Gasteiger partial charge on any atom is -0.497 e. The van der Waals surface area contributed by atoms with Crippen molar-refractivity contribution in [2.75, 3.05) is 33.5 Å². The van der Waals surface area contributed by atoms with E-state index >= 15 is 0 Å². The van der Waals surface area contributed by atoms with E-state index in [0.717, 1.165) is 11.3 Å². The number of amides is 1. The van der Waals surface area contributed by atoms with E-state index in [9.17, 15) is 4.79 Å². The van der Waals surface area contributed by atoms with Crippen molar-refractivity contribution < 1.29 is 13.9 Å². The molecular weight excluding hydrogens is 282 g/mol. The summed E-state index contributed by atoms with van der Waals surface area (Å²) in [4.78, 5) is 14.1. The quantitative estimate of drug-likeness (QED) is 0.852. The van der Waals surface area contributed by atoms with E-state index in [1.165, 1.54) is 0 Å². The van der Waals surface area contributed by atoms with Crippen LogP contribution in [0.1, 0.15) is 22.2 Å². The van der Waals surface area contributed by atoms with Crippen molar-refractivity contribution in [3.05, 3.63) is 47.7 Å². The van der Waals surface area contributed by atoms with Crippen LogP contribution in [0.25, 0.3) is 0 Å². The van der Waals surface area contributed by atoms with Gasteiger partial charge in [0.05, 0.1) is 13.2 Å². The number of carbonyl (C=O) groups excluding carboxylic acids is 1. The number of rotatable bonds is 6. The fraction of sp³-hybridized carbons (Fsp3) is 0.312. The number of nitrogens with zero attached hydrogens (tertiary/aromatic N) is 1. The molecule has 3 N–H and O–H groups in total. The molecule has 0 bridgehead atoms. The van der Waals surface area contributed by atoms with Gasteiger partial charge in [-0.3, -0.25) is 4.79 Å². The molecule has 0 aliphatic rings. The number of nitrogens with one attached hydrogen (secondary N) is 1. The highest BCUT2D eigenvalue weighted by molar-refractivity contribution is 5.91. The number of ether oxygens (including phenoxy) is 1. The number of methoxy groups -OCH3 is 1. The molecule has 0 saturated carbocycles. The van der Waals surface area contributed by atoms with Crippen molar-refractivity contribution in [3.8, 4) is 5.75 Å². The highest BCUT2D eigenvalue weighted by atomic mass is 16.5. The second-order valence-electron chi connectivity index (χ2n) is 5.16. The third kappa shape index (κ3) is 3.79. The van der Waals surface area contributed by atoms with Gasteiger partial charge in [0.1, 0.15) is 5.75 Å². The first-order valence-corrected chi connectivity index (χ1v) is 6.95. The van der Waals surface area contributed by atoms with Crippen LogP contribution in [-0.2, 0) is 0 Å². The van der Waals surface area contributed by atoms with Crippen LogP contribution in [0.15, 0.2) is 40.8 Å². The van der Waals surface area contributed by atoms with Crippen LogP contribution in [0.5, 0.6) is 5.75 Å². The molecule has 0 fully saturated rings. The Hall–Kier alpha value is -2.47. The van der Waals surface area contributed by atoms with Gasteiger partial charge in [-0.05, 0) is 37.9 Å². The second-order valence-corrected chi connectivity index (χ2v) is 5.16. The Morgan fingerprint density at radius 3 is 2.45 bits per heavy atom. The van der Waals surface area contributed by atoms with Gasteiger partial charge in [0.25, 0.3) is 5.91 Å². The lowest BCUT2D eigenvalue weighted by Crippen LogP contribution is -2.34. The molecule has 6 nitrogen and oxygen atoms in total. The van der Waals surface area contributed by atoms with E-state index in [4.69, 9.17) is 14.9 Å². The monoisotopic (exact) mass is 303 g/mol. The van der Waals surface area contributed by atoms with E-state index in [1.54, 1.807) is 19.2 Å². The number of likely N-dealkylation sites (N-methyl/N-ethyl adjacent to an activating group) is 1.